The van der Waals surface area contributed by atoms with Crippen LogP contribution >= 0.6 is 0 Å². The highest BCUT2D eigenvalue weighted by atomic mass is 14.6. The first-order valence-corrected chi connectivity index (χ1v) is 4.61. The van der Waals surface area contributed by atoms with Gasteiger partial charge in [0.15, 0.2) is 0 Å². The third-order valence-corrected chi connectivity index (χ3v) is 2.34. The van der Waals surface area contributed by atoms with E-state index in [-0.39, 0.29) is 0 Å². The molecule has 1 nitrogen and oxygen atoms in total. The summed E-state index contributed by atoms with van der Waals surface area (Å²) in [4.78, 5) is 4.11. The Balaban J connectivity index is 2.76. The quantitative estimate of drug-likeness (QED) is 0.641. The SMILES string of the molecule is CC(C)c1cccc2cnccc12. The molecule has 1 aromatic carbocycles. The van der Waals surface area contributed by atoms with E-state index in [0.717, 1.165) is 0 Å². The van der Waals surface area contributed by atoms with Crippen LogP contribution in [0, 0.1) is 0 Å². The van der Waals surface area contributed by atoms with Crippen LogP contribution in [0.1, 0.15) is 25.3 Å². The van der Waals surface area contributed by atoms with E-state index in [9.17, 15) is 0 Å². The van der Waals surface area contributed by atoms with Crippen molar-refractivity contribution in [3.63, 3.8) is 0 Å². The minimum absolute atomic E-state index is 0.575. The van der Waals surface area contributed by atoms with Crippen LogP contribution in [-0.2, 0) is 0 Å². The highest BCUT2D eigenvalue weighted by Gasteiger charge is 2.03. The van der Waals surface area contributed by atoms with Crippen molar-refractivity contribution in [1.82, 2.24) is 4.98 Å². The van der Waals surface area contributed by atoms with Gasteiger partial charge in [-0.15, -0.1) is 0 Å². The standard InChI is InChI=1S/C12H13N/c1-9(2)11-5-3-4-10-8-13-7-6-12(10)11/h3-9H,1-2H3. The van der Waals surface area contributed by atoms with E-state index in [1.54, 1.807) is 0 Å². The molecule has 0 saturated heterocycles. The van der Waals surface area contributed by atoms with Crippen LogP contribution in [0.5, 0.6) is 0 Å². The van der Waals surface area contributed by atoms with Crippen molar-refractivity contribution >= 4 is 10.8 Å². The molecule has 1 aromatic heterocycles. The number of pyridine rings is 1. The zero-order valence-electron chi connectivity index (χ0n) is 7.99. The lowest BCUT2D eigenvalue weighted by Crippen LogP contribution is -1.88. The monoisotopic (exact) mass is 171 g/mol. The normalized spacial score (nSPS) is 11.0. The van der Waals surface area contributed by atoms with Crippen LogP contribution in [0.25, 0.3) is 10.8 Å². The average molecular weight is 171 g/mol. The van der Waals surface area contributed by atoms with Crippen molar-refractivity contribution in [2.24, 2.45) is 0 Å². The lowest BCUT2D eigenvalue weighted by molar-refractivity contribution is 0.876. The minimum atomic E-state index is 0.575. The highest BCUT2D eigenvalue weighted by molar-refractivity contribution is 5.85. The number of rotatable bonds is 1. The lowest BCUT2D eigenvalue weighted by Gasteiger charge is -2.08. The van der Waals surface area contributed by atoms with Gasteiger partial charge in [0, 0.05) is 17.8 Å². The number of hydrogen-bond acceptors (Lipinski definition) is 1. The Morgan fingerprint density at radius 3 is 2.77 bits per heavy atom. The van der Waals surface area contributed by atoms with Gasteiger partial charge in [0.25, 0.3) is 0 Å². The van der Waals surface area contributed by atoms with E-state index >= 15 is 0 Å². The molecule has 1 heterocycles. The number of aromatic nitrogens is 1. The summed E-state index contributed by atoms with van der Waals surface area (Å²) in [6, 6.07) is 8.48. The molecule has 66 valence electrons. The molecule has 0 spiro atoms. The predicted molar refractivity (Wildman–Crippen MR) is 55.8 cm³/mol. The summed E-state index contributed by atoms with van der Waals surface area (Å²) in [5.74, 6) is 0.575. The first kappa shape index (κ1) is 8.24. The van der Waals surface area contributed by atoms with Gasteiger partial charge in [-0.05, 0) is 22.9 Å². The molecule has 0 N–H and O–H groups in total. The molecule has 0 radical (unpaired) electrons. The fourth-order valence-electron chi connectivity index (χ4n) is 1.65. The second kappa shape index (κ2) is 3.17. The molecule has 0 aliphatic carbocycles. The van der Waals surface area contributed by atoms with Crippen LogP contribution < -0.4 is 0 Å². The second-order valence-electron chi connectivity index (χ2n) is 3.60. The Kier molecular flexibility index (Phi) is 2.01. The van der Waals surface area contributed by atoms with E-state index < -0.39 is 0 Å². The van der Waals surface area contributed by atoms with E-state index in [1.165, 1.54) is 16.3 Å². The van der Waals surface area contributed by atoms with Crippen LogP contribution in [-0.4, -0.2) is 4.98 Å². The van der Waals surface area contributed by atoms with Gasteiger partial charge in [-0.2, -0.15) is 0 Å². The fourth-order valence-corrected chi connectivity index (χ4v) is 1.65. The van der Waals surface area contributed by atoms with Crippen LogP contribution in [0.3, 0.4) is 0 Å². The summed E-state index contributed by atoms with van der Waals surface area (Å²) < 4.78 is 0. The molecule has 0 aliphatic heterocycles. The molecule has 2 aromatic rings. The Morgan fingerprint density at radius 2 is 2.00 bits per heavy atom. The second-order valence-corrected chi connectivity index (χ2v) is 3.60. The summed E-state index contributed by atoms with van der Waals surface area (Å²) in [6.07, 6.45) is 3.77. The van der Waals surface area contributed by atoms with E-state index in [0.29, 0.717) is 5.92 Å². The van der Waals surface area contributed by atoms with Gasteiger partial charge in [-0.25, -0.2) is 0 Å². The number of nitrogens with zero attached hydrogens (tertiary/aromatic N) is 1. The molecule has 0 bridgehead atoms. The smallest absolute Gasteiger partial charge is 0.0346 e. The van der Waals surface area contributed by atoms with Gasteiger partial charge in [-0.1, -0.05) is 32.0 Å². The van der Waals surface area contributed by atoms with Gasteiger partial charge >= 0.3 is 0 Å². The largest absolute Gasteiger partial charge is 0.264 e. The first-order valence-electron chi connectivity index (χ1n) is 4.61. The molecule has 0 fully saturated rings. The molecular formula is C12H13N. The van der Waals surface area contributed by atoms with Gasteiger partial charge in [0.05, 0.1) is 0 Å². The number of benzene rings is 1. The molecule has 2 rings (SSSR count). The molecule has 0 saturated carbocycles. The van der Waals surface area contributed by atoms with Gasteiger partial charge in [0.1, 0.15) is 0 Å². The molecule has 0 aliphatic rings. The molecule has 0 atom stereocenters. The molecule has 0 unspecified atom stereocenters. The summed E-state index contributed by atoms with van der Waals surface area (Å²) in [6.45, 7) is 4.43. The summed E-state index contributed by atoms with van der Waals surface area (Å²) in [7, 11) is 0. The summed E-state index contributed by atoms with van der Waals surface area (Å²) in [5, 5.41) is 2.56. The van der Waals surface area contributed by atoms with Crippen LogP contribution in [0.2, 0.25) is 0 Å². The number of fused-ring (bicyclic) bond motifs is 1. The van der Waals surface area contributed by atoms with E-state index in [1.807, 2.05) is 12.4 Å². The van der Waals surface area contributed by atoms with Crippen LogP contribution in [0.4, 0.5) is 0 Å². The van der Waals surface area contributed by atoms with Crippen molar-refractivity contribution in [2.75, 3.05) is 0 Å². The van der Waals surface area contributed by atoms with Crippen molar-refractivity contribution in [1.29, 1.82) is 0 Å². The number of hydrogen-bond donors (Lipinski definition) is 0. The third kappa shape index (κ3) is 1.42. The van der Waals surface area contributed by atoms with Crippen molar-refractivity contribution in [2.45, 2.75) is 19.8 Å². The Hall–Kier alpha value is -1.37. The van der Waals surface area contributed by atoms with Crippen molar-refractivity contribution < 1.29 is 0 Å². The maximum atomic E-state index is 4.11. The van der Waals surface area contributed by atoms with E-state index in [4.69, 9.17) is 0 Å². The summed E-state index contributed by atoms with van der Waals surface area (Å²) >= 11 is 0. The zero-order valence-corrected chi connectivity index (χ0v) is 7.99. The predicted octanol–water partition coefficient (Wildman–Crippen LogP) is 3.36. The van der Waals surface area contributed by atoms with Gasteiger partial charge in [-0.3, -0.25) is 4.98 Å². The lowest BCUT2D eigenvalue weighted by atomic mass is 9.97. The summed E-state index contributed by atoms with van der Waals surface area (Å²) in [5.41, 5.74) is 1.40. The maximum absolute atomic E-state index is 4.11. The Morgan fingerprint density at radius 1 is 1.15 bits per heavy atom. The Labute approximate surface area is 78.4 Å². The maximum Gasteiger partial charge on any atom is 0.0346 e. The molecule has 1 heteroatoms. The molecule has 0 amide bonds. The van der Waals surface area contributed by atoms with Gasteiger partial charge < -0.3 is 0 Å². The van der Waals surface area contributed by atoms with E-state index in [2.05, 4.69) is 43.1 Å². The van der Waals surface area contributed by atoms with Crippen molar-refractivity contribution in [3.05, 3.63) is 42.2 Å². The average Bonchev–Trinajstić information content (AvgIpc) is 2.17. The molecular weight excluding hydrogens is 158 g/mol. The van der Waals surface area contributed by atoms with Crippen LogP contribution in [0.15, 0.2) is 36.7 Å². The highest BCUT2D eigenvalue weighted by Crippen LogP contribution is 2.23. The first-order chi connectivity index (χ1) is 6.29. The van der Waals surface area contributed by atoms with Crippen molar-refractivity contribution in [3.8, 4) is 0 Å². The fraction of sp³-hybridized carbons (Fsp3) is 0.250. The third-order valence-electron chi connectivity index (χ3n) is 2.34. The minimum Gasteiger partial charge on any atom is -0.264 e. The Bertz CT molecular complexity index is 413. The topological polar surface area (TPSA) is 12.9 Å². The van der Waals surface area contributed by atoms with Gasteiger partial charge in [0.2, 0.25) is 0 Å². The zero-order chi connectivity index (χ0) is 9.26. The molecule has 13 heavy (non-hydrogen) atoms.